The maximum absolute atomic E-state index is 11.5. The predicted molar refractivity (Wildman–Crippen MR) is 90.2 cm³/mol. The van der Waals surface area contributed by atoms with Crippen LogP contribution in [-0.4, -0.2) is 49.9 Å². The molecule has 0 rings (SSSR count). The predicted octanol–water partition coefficient (Wildman–Crippen LogP) is 0.174. The topological polar surface area (TPSA) is 131 Å². The minimum atomic E-state index is -1.60. The third-order valence-corrected chi connectivity index (χ3v) is 3.02. The number of hydrogen-bond acceptors (Lipinski definition) is 9. The quantitative estimate of drug-likeness (QED) is 0.222. The van der Waals surface area contributed by atoms with Gasteiger partial charge in [0.1, 0.15) is 25.2 Å². The molecule has 142 valence electrons. The van der Waals surface area contributed by atoms with E-state index in [-0.39, 0.29) is 0 Å². The van der Waals surface area contributed by atoms with Crippen molar-refractivity contribution in [1.82, 2.24) is 0 Å². The van der Waals surface area contributed by atoms with Crippen LogP contribution in [0, 0.1) is 5.41 Å². The lowest BCUT2D eigenvalue weighted by Crippen LogP contribution is -2.54. The maximum atomic E-state index is 11.5. The molecular weight excluding hydrogens is 346 g/mol. The summed E-state index contributed by atoms with van der Waals surface area (Å²) in [7, 11) is 0. The first-order chi connectivity index (χ1) is 12.2. The fourth-order valence-electron chi connectivity index (χ4n) is 1.49. The zero-order chi connectivity index (χ0) is 20.2. The van der Waals surface area contributed by atoms with Gasteiger partial charge in [-0.25, -0.2) is 19.2 Å². The van der Waals surface area contributed by atoms with E-state index in [0.717, 1.165) is 24.3 Å². The third kappa shape index (κ3) is 7.58. The average Bonchev–Trinajstić information content (AvgIpc) is 2.66. The molecule has 2 N–H and O–H groups in total. The van der Waals surface area contributed by atoms with Crippen LogP contribution in [0.25, 0.3) is 0 Å². The van der Waals surface area contributed by atoms with E-state index in [4.69, 9.17) is 24.7 Å². The van der Waals surface area contributed by atoms with Gasteiger partial charge >= 0.3 is 23.9 Å². The molecule has 26 heavy (non-hydrogen) atoms. The molecule has 9 nitrogen and oxygen atoms in total. The molecule has 0 spiro atoms. The molecule has 0 saturated carbocycles. The molecule has 0 aromatic carbocycles. The van der Waals surface area contributed by atoms with Crippen LogP contribution in [0.15, 0.2) is 50.6 Å². The molecule has 1 unspecified atom stereocenters. The van der Waals surface area contributed by atoms with Crippen molar-refractivity contribution in [1.29, 1.82) is 0 Å². The monoisotopic (exact) mass is 367 g/mol. The van der Waals surface area contributed by atoms with Crippen LogP contribution < -0.4 is 5.73 Å². The zero-order valence-electron chi connectivity index (χ0n) is 14.2. The largest absolute Gasteiger partial charge is 0.461 e. The highest BCUT2D eigenvalue weighted by Crippen LogP contribution is 2.25. The minimum Gasteiger partial charge on any atom is -0.461 e. The summed E-state index contributed by atoms with van der Waals surface area (Å²) in [5.41, 5.74) is 4.27. The number of nitrogens with two attached hydrogens (primary N) is 1. The van der Waals surface area contributed by atoms with Gasteiger partial charge in [0, 0.05) is 24.3 Å². The molecule has 0 heterocycles. The van der Waals surface area contributed by atoms with E-state index >= 15 is 0 Å². The number of hydrogen-bond donors (Lipinski definition) is 1. The second-order valence-corrected chi connectivity index (χ2v) is 4.86. The van der Waals surface area contributed by atoms with Crippen LogP contribution in [-0.2, 0) is 38.1 Å². The van der Waals surface area contributed by atoms with E-state index in [9.17, 15) is 19.2 Å². The second kappa shape index (κ2) is 11.4. The Kier molecular flexibility index (Phi) is 9.97. The summed E-state index contributed by atoms with van der Waals surface area (Å²) in [4.78, 5) is 45.6. The Bertz CT molecular complexity index is 536. The summed E-state index contributed by atoms with van der Waals surface area (Å²) in [6.07, 6.45) is 2.03. The van der Waals surface area contributed by atoms with E-state index in [0.29, 0.717) is 0 Å². The highest BCUT2D eigenvalue weighted by molar-refractivity contribution is 5.82. The van der Waals surface area contributed by atoms with Gasteiger partial charge in [-0.05, 0) is 0 Å². The van der Waals surface area contributed by atoms with Crippen molar-refractivity contribution in [3.05, 3.63) is 50.6 Å². The summed E-state index contributed by atoms with van der Waals surface area (Å²) in [6.45, 7) is 11.4. The number of rotatable bonds is 12. The Morgan fingerprint density at radius 3 is 1.31 bits per heavy atom. The second-order valence-electron chi connectivity index (χ2n) is 4.86. The van der Waals surface area contributed by atoms with Gasteiger partial charge in [0.2, 0.25) is 0 Å². The maximum Gasteiger partial charge on any atom is 0.331 e. The van der Waals surface area contributed by atoms with Crippen LogP contribution in [0.4, 0.5) is 0 Å². The molecular formula is C17H21NO8. The molecule has 0 aliphatic rings. The summed E-state index contributed by atoms with van der Waals surface area (Å²) < 4.78 is 19.7. The van der Waals surface area contributed by atoms with Gasteiger partial charge in [-0.15, -0.1) is 0 Å². The molecule has 0 aromatic heterocycles. The Hall–Kier alpha value is -3.20. The normalized spacial score (nSPS) is 11.3. The van der Waals surface area contributed by atoms with Crippen molar-refractivity contribution in [2.45, 2.75) is 6.23 Å². The van der Waals surface area contributed by atoms with Crippen LogP contribution in [0.2, 0.25) is 0 Å². The summed E-state index contributed by atoms with van der Waals surface area (Å²) in [5.74, 6) is -3.34. The summed E-state index contributed by atoms with van der Waals surface area (Å²) >= 11 is 0. The number of esters is 4. The Morgan fingerprint density at radius 1 is 0.731 bits per heavy atom. The van der Waals surface area contributed by atoms with Crippen LogP contribution >= 0.6 is 0 Å². The smallest absolute Gasteiger partial charge is 0.331 e. The van der Waals surface area contributed by atoms with Gasteiger partial charge in [-0.1, -0.05) is 26.3 Å². The molecule has 0 bridgehead atoms. The summed E-state index contributed by atoms with van der Waals surface area (Å²) in [5, 5.41) is 0. The fraction of sp³-hybridized carbons (Fsp3) is 0.294. The number of carbonyl (C=O) groups excluding carboxylic acids is 4. The van der Waals surface area contributed by atoms with Crippen molar-refractivity contribution >= 4 is 23.9 Å². The first-order valence-corrected chi connectivity index (χ1v) is 7.21. The van der Waals surface area contributed by atoms with E-state index in [1.54, 1.807) is 0 Å². The van der Waals surface area contributed by atoms with Gasteiger partial charge in [0.15, 0.2) is 6.23 Å². The van der Waals surface area contributed by atoms with Gasteiger partial charge in [0.25, 0.3) is 0 Å². The van der Waals surface area contributed by atoms with E-state index in [1.807, 2.05) is 0 Å². The minimum absolute atomic E-state index is 0.516. The Labute approximate surface area is 150 Å². The van der Waals surface area contributed by atoms with E-state index < -0.39 is 55.3 Å². The van der Waals surface area contributed by atoms with Crippen molar-refractivity contribution < 1.29 is 38.1 Å². The van der Waals surface area contributed by atoms with Gasteiger partial charge in [0.05, 0.1) is 0 Å². The van der Waals surface area contributed by atoms with Crippen LogP contribution in [0.5, 0.6) is 0 Å². The van der Waals surface area contributed by atoms with Gasteiger partial charge < -0.3 is 18.9 Å². The van der Waals surface area contributed by atoms with Crippen molar-refractivity contribution in [2.75, 3.05) is 19.8 Å². The first-order valence-electron chi connectivity index (χ1n) is 7.21. The number of ether oxygens (including phenoxy) is 4. The first kappa shape index (κ1) is 22.8. The number of carbonyl (C=O) groups is 4. The van der Waals surface area contributed by atoms with Crippen molar-refractivity contribution in [3.63, 3.8) is 0 Å². The molecule has 0 aliphatic carbocycles. The third-order valence-electron chi connectivity index (χ3n) is 3.02. The standard InChI is InChI=1S/C17H21NO8/c1-5-12(19)23-9-17(10-24-13(20)6-2,11-25-14(21)7-3)16(18)26-15(22)8-4/h5-8,16H,1-4,9-11,18H2. The lowest BCUT2D eigenvalue weighted by molar-refractivity contribution is -0.176. The summed E-state index contributed by atoms with van der Waals surface area (Å²) in [6, 6.07) is 0. The van der Waals surface area contributed by atoms with Gasteiger partial charge in [-0.2, -0.15) is 0 Å². The molecule has 0 aromatic rings. The molecule has 0 radical (unpaired) electrons. The fourth-order valence-corrected chi connectivity index (χ4v) is 1.49. The average molecular weight is 367 g/mol. The van der Waals surface area contributed by atoms with Crippen LogP contribution in [0.3, 0.4) is 0 Å². The van der Waals surface area contributed by atoms with Gasteiger partial charge in [-0.3, -0.25) is 5.73 Å². The zero-order valence-corrected chi connectivity index (χ0v) is 14.2. The van der Waals surface area contributed by atoms with Crippen molar-refractivity contribution in [3.8, 4) is 0 Å². The molecule has 9 heteroatoms. The highest BCUT2D eigenvalue weighted by atomic mass is 16.6. The molecule has 1 atom stereocenters. The Balaban J connectivity index is 5.65. The SMILES string of the molecule is C=CC(=O)OCC(COC(=O)C=C)(COC(=O)C=C)C(N)OC(=O)C=C. The molecule has 0 amide bonds. The van der Waals surface area contributed by atoms with E-state index in [1.165, 1.54) is 0 Å². The lowest BCUT2D eigenvalue weighted by Gasteiger charge is -2.35. The lowest BCUT2D eigenvalue weighted by atomic mass is 9.88. The molecule has 0 aliphatic heterocycles. The van der Waals surface area contributed by atoms with E-state index in [2.05, 4.69) is 26.3 Å². The molecule has 0 fully saturated rings. The van der Waals surface area contributed by atoms with Crippen molar-refractivity contribution in [2.24, 2.45) is 11.1 Å². The molecule has 0 saturated heterocycles. The Morgan fingerprint density at radius 2 is 1.04 bits per heavy atom. The highest BCUT2D eigenvalue weighted by Gasteiger charge is 2.44. The van der Waals surface area contributed by atoms with Crippen LogP contribution in [0.1, 0.15) is 0 Å².